The van der Waals surface area contributed by atoms with E-state index in [1.807, 2.05) is 35.0 Å². The van der Waals surface area contributed by atoms with Crippen LogP contribution >= 0.6 is 0 Å². The highest BCUT2D eigenvalue weighted by atomic mass is 16.4. The number of aromatic nitrogens is 1. The molecule has 19 heavy (non-hydrogen) atoms. The molecule has 0 amide bonds. The van der Waals surface area contributed by atoms with Gasteiger partial charge in [0.1, 0.15) is 0 Å². The summed E-state index contributed by atoms with van der Waals surface area (Å²) in [6, 6.07) is 7.66. The minimum atomic E-state index is -0.827. The SMILES string of the molecule is O=C(O)CCc1cn(CC(O)CO)c2ccccc12. The molecule has 5 heteroatoms. The van der Waals surface area contributed by atoms with Gasteiger partial charge in [-0.25, -0.2) is 0 Å². The van der Waals surface area contributed by atoms with Gasteiger partial charge in [-0.3, -0.25) is 4.79 Å². The van der Waals surface area contributed by atoms with Gasteiger partial charge in [-0.15, -0.1) is 0 Å². The lowest BCUT2D eigenvalue weighted by Crippen LogP contribution is -2.19. The number of rotatable bonds is 6. The maximum Gasteiger partial charge on any atom is 0.303 e. The van der Waals surface area contributed by atoms with Crippen molar-refractivity contribution in [1.29, 1.82) is 0 Å². The number of para-hydroxylation sites is 1. The maximum absolute atomic E-state index is 10.7. The third kappa shape index (κ3) is 3.13. The van der Waals surface area contributed by atoms with Crippen molar-refractivity contribution in [2.75, 3.05) is 6.61 Å². The first kappa shape index (κ1) is 13.6. The van der Waals surface area contributed by atoms with Gasteiger partial charge in [-0.05, 0) is 18.1 Å². The molecule has 1 unspecified atom stereocenters. The maximum atomic E-state index is 10.7. The van der Waals surface area contributed by atoms with E-state index in [0.29, 0.717) is 13.0 Å². The lowest BCUT2D eigenvalue weighted by atomic mass is 10.1. The number of aliphatic hydroxyl groups excluding tert-OH is 2. The number of fused-ring (bicyclic) bond motifs is 1. The van der Waals surface area contributed by atoms with E-state index in [9.17, 15) is 9.90 Å². The fourth-order valence-electron chi connectivity index (χ4n) is 2.20. The van der Waals surface area contributed by atoms with Crippen LogP contribution in [-0.4, -0.2) is 38.6 Å². The Kier molecular flexibility index (Phi) is 4.19. The highest BCUT2D eigenvalue weighted by Crippen LogP contribution is 2.22. The van der Waals surface area contributed by atoms with Crippen LogP contribution in [0.4, 0.5) is 0 Å². The van der Waals surface area contributed by atoms with E-state index in [1.165, 1.54) is 0 Å². The first-order valence-electron chi connectivity index (χ1n) is 6.19. The molecule has 1 aromatic carbocycles. The number of aryl methyl sites for hydroxylation is 1. The van der Waals surface area contributed by atoms with E-state index in [0.717, 1.165) is 16.5 Å². The predicted molar refractivity (Wildman–Crippen MR) is 71.0 cm³/mol. The van der Waals surface area contributed by atoms with Gasteiger partial charge in [0.05, 0.1) is 19.3 Å². The summed E-state index contributed by atoms with van der Waals surface area (Å²) < 4.78 is 1.85. The normalized spacial score (nSPS) is 12.7. The second-order valence-corrected chi connectivity index (χ2v) is 4.55. The summed E-state index contributed by atoms with van der Waals surface area (Å²) in [5.41, 5.74) is 1.89. The standard InChI is InChI=1S/C14H17NO4/c16-9-11(17)8-15-7-10(5-6-14(18)19)12-3-1-2-4-13(12)15/h1-4,7,11,16-17H,5-6,8-9H2,(H,18,19). The first-order chi connectivity index (χ1) is 9.11. The number of carboxylic acid groups (broad SMARTS) is 1. The number of aliphatic hydroxyl groups is 2. The number of aliphatic carboxylic acids is 1. The van der Waals surface area contributed by atoms with Gasteiger partial charge in [-0.2, -0.15) is 0 Å². The summed E-state index contributed by atoms with van der Waals surface area (Å²) in [5.74, 6) is -0.827. The number of carbonyl (C=O) groups is 1. The van der Waals surface area contributed by atoms with Gasteiger partial charge in [0.15, 0.2) is 0 Å². The zero-order valence-corrected chi connectivity index (χ0v) is 10.5. The van der Waals surface area contributed by atoms with E-state index in [1.54, 1.807) is 0 Å². The Labute approximate surface area is 110 Å². The van der Waals surface area contributed by atoms with Crippen LogP contribution in [-0.2, 0) is 17.8 Å². The van der Waals surface area contributed by atoms with Crippen molar-refractivity contribution in [2.45, 2.75) is 25.5 Å². The monoisotopic (exact) mass is 263 g/mol. The van der Waals surface area contributed by atoms with Gasteiger partial charge in [0, 0.05) is 23.5 Å². The van der Waals surface area contributed by atoms with Crippen LogP contribution in [0.15, 0.2) is 30.5 Å². The molecular weight excluding hydrogens is 246 g/mol. The number of nitrogens with zero attached hydrogens (tertiary/aromatic N) is 1. The molecule has 2 aromatic rings. The molecule has 102 valence electrons. The zero-order chi connectivity index (χ0) is 13.8. The molecule has 2 rings (SSSR count). The molecule has 5 nitrogen and oxygen atoms in total. The Morgan fingerprint density at radius 2 is 2.05 bits per heavy atom. The van der Waals surface area contributed by atoms with Crippen LogP contribution in [0.25, 0.3) is 10.9 Å². The Hall–Kier alpha value is -1.85. The summed E-state index contributed by atoms with van der Waals surface area (Å²) in [6.45, 7) is 0.00104. The molecule has 3 N–H and O–H groups in total. The van der Waals surface area contributed by atoms with E-state index in [2.05, 4.69) is 0 Å². The first-order valence-corrected chi connectivity index (χ1v) is 6.19. The molecule has 1 heterocycles. The third-order valence-electron chi connectivity index (χ3n) is 3.10. The number of carboxylic acids is 1. The van der Waals surface area contributed by atoms with Crippen molar-refractivity contribution in [3.05, 3.63) is 36.0 Å². The van der Waals surface area contributed by atoms with Crippen LogP contribution in [0.5, 0.6) is 0 Å². The average Bonchev–Trinajstić information content (AvgIpc) is 2.75. The van der Waals surface area contributed by atoms with Gasteiger partial charge >= 0.3 is 5.97 Å². The molecule has 0 bridgehead atoms. The molecule has 0 spiro atoms. The Morgan fingerprint density at radius 3 is 2.74 bits per heavy atom. The molecule has 0 fully saturated rings. The van der Waals surface area contributed by atoms with Crippen molar-refractivity contribution in [3.63, 3.8) is 0 Å². The second-order valence-electron chi connectivity index (χ2n) is 4.55. The molecule has 0 aliphatic rings. The number of benzene rings is 1. The zero-order valence-electron chi connectivity index (χ0n) is 10.5. The molecule has 1 atom stereocenters. The lowest BCUT2D eigenvalue weighted by molar-refractivity contribution is -0.136. The topological polar surface area (TPSA) is 82.7 Å². The second kappa shape index (κ2) is 5.86. The Bertz CT molecular complexity index is 576. The Balaban J connectivity index is 2.33. The number of hydrogen-bond donors (Lipinski definition) is 3. The quantitative estimate of drug-likeness (QED) is 0.726. The fourth-order valence-corrected chi connectivity index (χ4v) is 2.20. The lowest BCUT2D eigenvalue weighted by Gasteiger charge is -2.09. The smallest absolute Gasteiger partial charge is 0.303 e. The van der Waals surface area contributed by atoms with Crippen molar-refractivity contribution < 1.29 is 20.1 Å². The van der Waals surface area contributed by atoms with E-state index in [-0.39, 0.29) is 13.0 Å². The minimum absolute atomic E-state index is 0.0799. The van der Waals surface area contributed by atoms with Gasteiger partial charge in [0.25, 0.3) is 0 Å². The summed E-state index contributed by atoms with van der Waals surface area (Å²) in [7, 11) is 0. The molecule has 0 radical (unpaired) electrons. The van der Waals surface area contributed by atoms with E-state index < -0.39 is 12.1 Å². The highest BCUT2D eigenvalue weighted by molar-refractivity contribution is 5.84. The molecule has 0 saturated carbocycles. The largest absolute Gasteiger partial charge is 0.481 e. The van der Waals surface area contributed by atoms with E-state index >= 15 is 0 Å². The van der Waals surface area contributed by atoms with Gasteiger partial charge < -0.3 is 19.9 Å². The molecule has 0 saturated heterocycles. The summed E-state index contributed by atoms with van der Waals surface area (Å²) >= 11 is 0. The van der Waals surface area contributed by atoms with Crippen molar-refractivity contribution in [2.24, 2.45) is 0 Å². The van der Waals surface area contributed by atoms with Crippen molar-refractivity contribution in [3.8, 4) is 0 Å². The highest BCUT2D eigenvalue weighted by Gasteiger charge is 2.11. The summed E-state index contributed by atoms with van der Waals surface area (Å²) in [4.78, 5) is 10.7. The molecule has 1 aromatic heterocycles. The number of hydrogen-bond acceptors (Lipinski definition) is 3. The fraction of sp³-hybridized carbons (Fsp3) is 0.357. The van der Waals surface area contributed by atoms with Gasteiger partial charge in [0.2, 0.25) is 0 Å². The molecule has 0 aliphatic carbocycles. The summed E-state index contributed by atoms with van der Waals surface area (Å²) in [5, 5.41) is 28.2. The van der Waals surface area contributed by atoms with Crippen LogP contribution in [0, 0.1) is 0 Å². The molecular formula is C14H17NO4. The van der Waals surface area contributed by atoms with Gasteiger partial charge in [-0.1, -0.05) is 18.2 Å². The van der Waals surface area contributed by atoms with Crippen LogP contribution < -0.4 is 0 Å². The van der Waals surface area contributed by atoms with Crippen LogP contribution in [0.3, 0.4) is 0 Å². The minimum Gasteiger partial charge on any atom is -0.481 e. The average molecular weight is 263 g/mol. The predicted octanol–water partition coefficient (Wildman–Crippen LogP) is 1.01. The van der Waals surface area contributed by atoms with Crippen molar-refractivity contribution in [1.82, 2.24) is 4.57 Å². The summed E-state index contributed by atoms with van der Waals surface area (Å²) in [6.07, 6.45) is 1.57. The Morgan fingerprint density at radius 1 is 1.32 bits per heavy atom. The van der Waals surface area contributed by atoms with E-state index in [4.69, 9.17) is 10.2 Å². The van der Waals surface area contributed by atoms with Crippen LogP contribution in [0.2, 0.25) is 0 Å². The van der Waals surface area contributed by atoms with Crippen molar-refractivity contribution >= 4 is 16.9 Å². The third-order valence-corrected chi connectivity index (χ3v) is 3.10. The molecule has 0 aliphatic heterocycles. The van der Waals surface area contributed by atoms with Crippen LogP contribution in [0.1, 0.15) is 12.0 Å².